The van der Waals surface area contributed by atoms with Crippen molar-refractivity contribution in [3.63, 3.8) is 0 Å². The third-order valence-corrected chi connectivity index (χ3v) is 4.25. The van der Waals surface area contributed by atoms with E-state index in [0.29, 0.717) is 16.6 Å². The summed E-state index contributed by atoms with van der Waals surface area (Å²) >= 11 is 6.11. The molecule has 1 aromatic carbocycles. The Morgan fingerprint density at radius 3 is 2.70 bits per heavy atom. The molecule has 0 bridgehead atoms. The first-order valence-corrected chi connectivity index (χ1v) is 7.48. The first-order valence-electron chi connectivity index (χ1n) is 7.10. The summed E-state index contributed by atoms with van der Waals surface area (Å²) in [4.78, 5) is 16.5. The van der Waals surface area contributed by atoms with Gasteiger partial charge < -0.3 is 5.32 Å². The van der Waals surface area contributed by atoms with Crippen molar-refractivity contribution >= 4 is 29.4 Å². The fourth-order valence-corrected chi connectivity index (χ4v) is 2.99. The summed E-state index contributed by atoms with van der Waals surface area (Å²) in [6, 6.07) is 7.47. The van der Waals surface area contributed by atoms with Crippen molar-refractivity contribution < 1.29 is 4.79 Å². The molecular weight excluding hydrogens is 272 g/mol. The lowest BCUT2D eigenvalue weighted by atomic mass is 9.88. The Kier molecular flexibility index (Phi) is 3.88. The van der Waals surface area contributed by atoms with Crippen LogP contribution in [0.3, 0.4) is 0 Å². The number of nitrogens with zero attached hydrogens (tertiary/aromatic N) is 1. The molecule has 3 nitrogen and oxygen atoms in total. The Morgan fingerprint density at radius 1 is 1.20 bits per heavy atom. The summed E-state index contributed by atoms with van der Waals surface area (Å²) in [5, 5.41) is 3.55. The van der Waals surface area contributed by atoms with Crippen LogP contribution in [0.5, 0.6) is 0 Å². The number of amides is 1. The van der Waals surface area contributed by atoms with Crippen LogP contribution in [-0.4, -0.2) is 11.7 Å². The number of hydrogen-bond donors (Lipinski definition) is 1. The SMILES string of the molecule is O=C1NC(C2CCCCC2)=N/C1=C\c1ccccc1Cl. The molecular formula is C16H17ClN2O. The summed E-state index contributed by atoms with van der Waals surface area (Å²) in [5.74, 6) is 1.13. The predicted octanol–water partition coefficient (Wildman–Crippen LogP) is 3.79. The van der Waals surface area contributed by atoms with E-state index < -0.39 is 0 Å². The van der Waals surface area contributed by atoms with Gasteiger partial charge in [-0.15, -0.1) is 0 Å². The van der Waals surface area contributed by atoms with Crippen LogP contribution in [0.25, 0.3) is 6.08 Å². The van der Waals surface area contributed by atoms with E-state index in [9.17, 15) is 4.79 Å². The van der Waals surface area contributed by atoms with Crippen LogP contribution in [0.1, 0.15) is 37.7 Å². The van der Waals surface area contributed by atoms with Crippen molar-refractivity contribution in [1.82, 2.24) is 5.32 Å². The first kappa shape index (κ1) is 13.4. The van der Waals surface area contributed by atoms with Crippen LogP contribution in [0.2, 0.25) is 5.02 Å². The van der Waals surface area contributed by atoms with Crippen molar-refractivity contribution in [1.29, 1.82) is 0 Å². The highest BCUT2D eigenvalue weighted by Gasteiger charge is 2.27. The average Bonchev–Trinajstić information content (AvgIpc) is 2.84. The van der Waals surface area contributed by atoms with E-state index in [1.54, 1.807) is 6.08 Å². The van der Waals surface area contributed by atoms with E-state index in [2.05, 4.69) is 10.3 Å². The second-order valence-electron chi connectivity index (χ2n) is 5.34. The van der Waals surface area contributed by atoms with Crippen LogP contribution < -0.4 is 5.32 Å². The van der Waals surface area contributed by atoms with Gasteiger partial charge in [0.1, 0.15) is 11.5 Å². The van der Waals surface area contributed by atoms with Gasteiger partial charge in [-0.25, -0.2) is 4.99 Å². The molecule has 2 aliphatic rings. The minimum Gasteiger partial charge on any atom is -0.308 e. The summed E-state index contributed by atoms with van der Waals surface area (Å²) in [6.45, 7) is 0. The zero-order chi connectivity index (χ0) is 13.9. The molecule has 1 aliphatic carbocycles. The molecule has 1 aromatic rings. The van der Waals surface area contributed by atoms with Gasteiger partial charge in [0.25, 0.3) is 5.91 Å². The van der Waals surface area contributed by atoms with Crippen LogP contribution in [0.4, 0.5) is 0 Å². The number of hydrogen-bond acceptors (Lipinski definition) is 2. The van der Waals surface area contributed by atoms with Crippen molar-refractivity contribution in [3.05, 3.63) is 40.5 Å². The Hall–Kier alpha value is -1.61. The maximum Gasteiger partial charge on any atom is 0.275 e. The topological polar surface area (TPSA) is 41.5 Å². The highest BCUT2D eigenvalue weighted by molar-refractivity contribution is 6.32. The van der Waals surface area contributed by atoms with E-state index in [4.69, 9.17) is 11.6 Å². The number of amidine groups is 1. The molecule has 1 saturated carbocycles. The summed E-state index contributed by atoms with van der Waals surface area (Å²) in [6.07, 6.45) is 7.75. The fourth-order valence-electron chi connectivity index (χ4n) is 2.80. The molecule has 104 valence electrons. The monoisotopic (exact) mass is 288 g/mol. The average molecular weight is 289 g/mol. The highest BCUT2D eigenvalue weighted by atomic mass is 35.5. The molecule has 0 aromatic heterocycles. The smallest absolute Gasteiger partial charge is 0.275 e. The lowest BCUT2D eigenvalue weighted by Crippen LogP contribution is -2.31. The number of halogens is 1. The van der Waals surface area contributed by atoms with Gasteiger partial charge in [0, 0.05) is 10.9 Å². The quantitative estimate of drug-likeness (QED) is 0.827. The lowest BCUT2D eigenvalue weighted by Gasteiger charge is -2.20. The van der Waals surface area contributed by atoms with E-state index >= 15 is 0 Å². The molecule has 1 N–H and O–H groups in total. The van der Waals surface area contributed by atoms with Crippen LogP contribution in [0.15, 0.2) is 35.0 Å². The van der Waals surface area contributed by atoms with Gasteiger partial charge in [-0.3, -0.25) is 4.79 Å². The Balaban J connectivity index is 1.85. The molecule has 4 heteroatoms. The lowest BCUT2D eigenvalue weighted by molar-refractivity contribution is -0.115. The van der Waals surface area contributed by atoms with Gasteiger partial charge in [-0.2, -0.15) is 0 Å². The van der Waals surface area contributed by atoms with Crippen molar-refractivity contribution in [2.45, 2.75) is 32.1 Å². The summed E-state index contributed by atoms with van der Waals surface area (Å²) in [7, 11) is 0. The predicted molar refractivity (Wildman–Crippen MR) is 81.6 cm³/mol. The summed E-state index contributed by atoms with van der Waals surface area (Å²) < 4.78 is 0. The number of aliphatic imine (C=N–C) groups is 1. The molecule has 0 radical (unpaired) electrons. The van der Waals surface area contributed by atoms with E-state index in [1.807, 2.05) is 24.3 Å². The molecule has 0 spiro atoms. The maximum atomic E-state index is 12.0. The van der Waals surface area contributed by atoms with Crippen LogP contribution in [0, 0.1) is 5.92 Å². The van der Waals surface area contributed by atoms with Crippen LogP contribution >= 0.6 is 11.6 Å². The molecule has 1 heterocycles. The van der Waals surface area contributed by atoms with Gasteiger partial charge in [-0.05, 0) is 30.5 Å². The molecule has 1 aliphatic heterocycles. The fraction of sp³-hybridized carbons (Fsp3) is 0.375. The number of nitrogens with one attached hydrogen (secondary N) is 1. The van der Waals surface area contributed by atoms with Gasteiger partial charge in [0.05, 0.1) is 0 Å². The second kappa shape index (κ2) is 5.80. The van der Waals surface area contributed by atoms with E-state index in [0.717, 1.165) is 24.2 Å². The molecule has 0 saturated heterocycles. The minimum absolute atomic E-state index is 0.120. The normalized spacial score (nSPS) is 21.9. The highest BCUT2D eigenvalue weighted by Crippen LogP contribution is 2.27. The number of rotatable bonds is 2. The zero-order valence-corrected chi connectivity index (χ0v) is 12.0. The van der Waals surface area contributed by atoms with Crippen molar-refractivity contribution in [3.8, 4) is 0 Å². The van der Waals surface area contributed by atoms with Gasteiger partial charge in [-0.1, -0.05) is 49.1 Å². The molecule has 1 amide bonds. The Labute approximate surface area is 123 Å². The third-order valence-electron chi connectivity index (χ3n) is 3.90. The van der Waals surface area contributed by atoms with E-state index in [-0.39, 0.29) is 5.91 Å². The van der Waals surface area contributed by atoms with Gasteiger partial charge >= 0.3 is 0 Å². The molecule has 20 heavy (non-hydrogen) atoms. The number of carbonyl (C=O) groups excluding carboxylic acids is 1. The van der Waals surface area contributed by atoms with Crippen LogP contribution in [-0.2, 0) is 4.79 Å². The van der Waals surface area contributed by atoms with E-state index in [1.165, 1.54) is 19.3 Å². The standard InChI is InChI=1S/C16H17ClN2O/c17-13-9-5-4-8-12(13)10-14-16(20)19-15(18-14)11-6-2-1-3-7-11/h4-5,8-11H,1-3,6-7H2,(H,18,19,20)/b14-10-. The Bertz CT molecular complexity index is 586. The number of carbonyl (C=O) groups is 1. The van der Waals surface area contributed by atoms with Crippen molar-refractivity contribution in [2.24, 2.45) is 10.9 Å². The molecule has 3 rings (SSSR count). The largest absolute Gasteiger partial charge is 0.308 e. The first-order chi connectivity index (χ1) is 9.74. The summed E-state index contributed by atoms with van der Waals surface area (Å²) in [5.41, 5.74) is 1.28. The second-order valence-corrected chi connectivity index (χ2v) is 5.74. The Morgan fingerprint density at radius 2 is 1.95 bits per heavy atom. The number of benzene rings is 1. The third kappa shape index (κ3) is 2.78. The molecule has 0 atom stereocenters. The molecule has 1 fully saturated rings. The van der Waals surface area contributed by atoms with Gasteiger partial charge in [0.15, 0.2) is 0 Å². The minimum atomic E-state index is -0.120. The van der Waals surface area contributed by atoms with Gasteiger partial charge in [0.2, 0.25) is 0 Å². The van der Waals surface area contributed by atoms with Crippen molar-refractivity contribution in [2.75, 3.05) is 0 Å². The maximum absolute atomic E-state index is 12.0. The zero-order valence-electron chi connectivity index (χ0n) is 11.2. The molecule has 0 unspecified atom stereocenters.